The first kappa shape index (κ1) is 23.4. The third-order valence-electron chi connectivity index (χ3n) is 4.11. The van der Waals surface area contributed by atoms with E-state index in [1.54, 1.807) is 27.7 Å². The fraction of sp³-hybridized carbons (Fsp3) is 0.778. The summed E-state index contributed by atoms with van der Waals surface area (Å²) in [7, 11) is 0. The van der Waals surface area contributed by atoms with E-state index in [0.717, 1.165) is 0 Å². The van der Waals surface area contributed by atoms with Crippen LogP contribution in [0.3, 0.4) is 0 Å². The summed E-state index contributed by atoms with van der Waals surface area (Å²) in [5.74, 6) is 0. The first-order valence-corrected chi connectivity index (χ1v) is 11.8. The van der Waals surface area contributed by atoms with Crippen molar-refractivity contribution in [2.45, 2.75) is 85.3 Å². The number of aryl methyl sites for hydroxylation is 1. The first-order valence-electron chi connectivity index (χ1n) is 9.26. The SMILES string of the molecule is Cc1cn([C@H]2CC(OP(O)(=S)OC(C)(C)C)[C@@H](CC(C)(C)C)O2)c(=O)[nH]c1=O. The molecule has 2 heterocycles. The highest BCUT2D eigenvalue weighted by atomic mass is 32.5. The molecule has 0 saturated carbocycles. The van der Waals surface area contributed by atoms with Crippen molar-refractivity contribution in [1.29, 1.82) is 0 Å². The maximum atomic E-state index is 12.2. The molecule has 10 heteroatoms. The van der Waals surface area contributed by atoms with Gasteiger partial charge in [-0.3, -0.25) is 14.3 Å². The highest BCUT2D eigenvalue weighted by molar-refractivity contribution is 8.07. The minimum atomic E-state index is -3.51. The van der Waals surface area contributed by atoms with E-state index in [9.17, 15) is 14.5 Å². The Labute approximate surface area is 170 Å². The van der Waals surface area contributed by atoms with Crippen LogP contribution < -0.4 is 11.2 Å². The van der Waals surface area contributed by atoms with Crippen LogP contribution in [0.2, 0.25) is 0 Å². The number of ether oxygens (including phenoxy) is 1. The lowest BCUT2D eigenvalue weighted by Crippen LogP contribution is -2.33. The van der Waals surface area contributed by atoms with Crippen LogP contribution in [0.4, 0.5) is 0 Å². The molecule has 0 amide bonds. The molecule has 8 nitrogen and oxygen atoms in total. The topological polar surface area (TPSA) is 103 Å². The number of nitrogens with zero attached hydrogens (tertiary/aromatic N) is 1. The van der Waals surface area contributed by atoms with E-state index in [1.807, 2.05) is 0 Å². The van der Waals surface area contributed by atoms with Gasteiger partial charge >= 0.3 is 12.4 Å². The number of hydrogen-bond donors (Lipinski definition) is 2. The Morgan fingerprint density at radius 3 is 2.46 bits per heavy atom. The summed E-state index contributed by atoms with van der Waals surface area (Å²) < 4.78 is 18.8. The molecule has 0 aromatic carbocycles. The zero-order chi connectivity index (χ0) is 21.5. The van der Waals surface area contributed by atoms with Crippen molar-refractivity contribution in [3.8, 4) is 0 Å². The lowest BCUT2D eigenvalue weighted by Gasteiger charge is -2.31. The zero-order valence-electron chi connectivity index (χ0n) is 17.5. The van der Waals surface area contributed by atoms with E-state index in [-0.39, 0.29) is 11.5 Å². The van der Waals surface area contributed by atoms with Gasteiger partial charge in [0.05, 0.1) is 17.8 Å². The number of H-pyrrole nitrogens is 1. The van der Waals surface area contributed by atoms with Gasteiger partial charge in [0, 0.05) is 18.2 Å². The van der Waals surface area contributed by atoms with Crippen LogP contribution in [0.1, 0.15) is 66.2 Å². The fourth-order valence-corrected chi connectivity index (χ4v) is 5.41. The van der Waals surface area contributed by atoms with Gasteiger partial charge in [0.2, 0.25) is 0 Å². The smallest absolute Gasteiger partial charge is 0.330 e. The van der Waals surface area contributed by atoms with Gasteiger partial charge in [-0.1, -0.05) is 20.8 Å². The zero-order valence-corrected chi connectivity index (χ0v) is 19.2. The third-order valence-corrected chi connectivity index (χ3v) is 5.91. The second kappa shape index (κ2) is 8.13. The number of aromatic amines is 1. The highest BCUT2D eigenvalue weighted by Gasteiger charge is 2.42. The summed E-state index contributed by atoms with van der Waals surface area (Å²) in [5, 5.41) is 0. The molecular weight excluding hydrogens is 403 g/mol. The summed E-state index contributed by atoms with van der Waals surface area (Å²) in [6.45, 7) is 9.68. The quantitative estimate of drug-likeness (QED) is 0.687. The summed E-state index contributed by atoms with van der Waals surface area (Å²) in [6.07, 6.45) is 0.853. The number of hydrogen-bond acceptors (Lipinski definition) is 6. The standard InChI is InChI=1S/C18H31N2O6PS/c1-11-10-20(16(22)19-15(11)21)14-8-12(13(24-14)9-17(2,3)4)25-27(23,28)26-18(5,6)7/h10,12-14H,8-9H2,1-7H3,(H,23,28)(H,19,21,22)/t12?,13-,14-,27?/m1/s1. The molecule has 28 heavy (non-hydrogen) atoms. The first-order chi connectivity index (χ1) is 12.6. The Morgan fingerprint density at radius 2 is 1.93 bits per heavy atom. The molecule has 4 atom stereocenters. The Hall–Kier alpha value is -0.830. The Balaban J connectivity index is 2.30. The number of rotatable bonds is 5. The molecule has 0 radical (unpaired) electrons. The van der Waals surface area contributed by atoms with Gasteiger partial charge in [0.25, 0.3) is 5.56 Å². The van der Waals surface area contributed by atoms with Crippen molar-refractivity contribution >= 4 is 18.5 Å². The third kappa shape index (κ3) is 6.61. The van der Waals surface area contributed by atoms with Gasteiger partial charge in [0.15, 0.2) is 0 Å². The predicted octanol–water partition coefficient (Wildman–Crippen LogP) is 2.99. The Bertz CT molecular complexity index is 867. The van der Waals surface area contributed by atoms with Crippen LogP contribution in [0, 0.1) is 12.3 Å². The van der Waals surface area contributed by atoms with E-state index in [0.29, 0.717) is 18.4 Å². The Kier molecular flexibility index (Phi) is 6.81. The van der Waals surface area contributed by atoms with Crippen LogP contribution in [-0.4, -0.2) is 32.3 Å². The monoisotopic (exact) mass is 434 g/mol. The second-order valence-electron chi connectivity index (χ2n) is 9.42. The fourth-order valence-electron chi connectivity index (χ4n) is 3.11. The maximum Gasteiger partial charge on any atom is 0.330 e. The number of nitrogens with one attached hydrogen (secondary N) is 1. The van der Waals surface area contributed by atoms with Crippen LogP contribution >= 0.6 is 6.72 Å². The summed E-state index contributed by atoms with van der Waals surface area (Å²) in [4.78, 5) is 36.7. The molecule has 1 aliphatic heterocycles. The molecule has 2 N–H and O–H groups in total. The molecule has 0 aliphatic carbocycles. The van der Waals surface area contributed by atoms with E-state index < -0.39 is 35.9 Å². The molecule has 2 unspecified atom stereocenters. The van der Waals surface area contributed by atoms with Crippen molar-refractivity contribution in [3.63, 3.8) is 0 Å². The van der Waals surface area contributed by atoms with Crippen molar-refractivity contribution < 1.29 is 18.7 Å². The molecular formula is C18H31N2O6PS. The molecule has 0 bridgehead atoms. The highest BCUT2D eigenvalue weighted by Crippen LogP contribution is 2.52. The molecule has 1 aromatic rings. The van der Waals surface area contributed by atoms with Crippen molar-refractivity contribution in [1.82, 2.24) is 9.55 Å². The Morgan fingerprint density at radius 1 is 1.32 bits per heavy atom. The van der Waals surface area contributed by atoms with E-state index in [1.165, 1.54) is 10.8 Å². The minimum Gasteiger partial charge on any atom is -0.352 e. The van der Waals surface area contributed by atoms with Crippen LogP contribution in [-0.2, 0) is 25.6 Å². The van der Waals surface area contributed by atoms with Gasteiger partial charge in [0.1, 0.15) is 6.23 Å². The molecule has 2 rings (SSSR count). The molecule has 1 aliphatic rings. The molecule has 1 fully saturated rings. The van der Waals surface area contributed by atoms with Gasteiger partial charge < -0.3 is 18.7 Å². The average Bonchev–Trinajstić information content (AvgIpc) is 2.79. The van der Waals surface area contributed by atoms with Crippen molar-refractivity contribution in [2.24, 2.45) is 5.41 Å². The lowest BCUT2D eigenvalue weighted by molar-refractivity contribution is -0.0389. The van der Waals surface area contributed by atoms with Crippen LogP contribution in [0.15, 0.2) is 15.8 Å². The van der Waals surface area contributed by atoms with Gasteiger partial charge in [-0.05, 0) is 51.3 Å². The predicted molar refractivity (Wildman–Crippen MR) is 111 cm³/mol. The van der Waals surface area contributed by atoms with Gasteiger partial charge in [-0.25, -0.2) is 4.79 Å². The normalized spacial score (nSPS) is 25.6. The summed E-state index contributed by atoms with van der Waals surface area (Å²) in [6, 6.07) is 0. The van der Waals surface area contributed by atoms with Crippen LogP contribution in [0.25, 0.3) is 0 Å². The maximum absolute atomic E-state index is 12.2. The van der Waals surface area contributed by atoms with Crippen molar-refractivity contribution in [3.05, 3.63) is 32.6 Å². The molecule has 160 valence electrons. The van der Waals surface area contributed by atoms with Crippen molar-refractivity contribution in [2.75, 3.05) is 0 Å². The van der Waals surface area contributed by atoms with E-state index in [2.05, 4.69) is 25.8 Å². The molecule has 1 aromatic heterocycles. The molecule has 1 saturated heterocycles. The van der Waals surface area contributed by atoms with Gasteiger partial charge in [-0.15, -0.1) is 0 Å². The minimum absolute atomic E-state index is 0.0735. The van der Waals surface area contributed by atoms with Crippen LogP contribution in [0.5, 0.6) is 0 Å². The summed E-state index contributed by atoms with van der Waals surface area (Å²) >= 11 is 5.19. The average molecular weight is 434 g/mol. The van der Waals surface area contributed by atoms with Gasteiger partial charge in [-0.2, -0.15) is 0 Å². The second-order valence-corrected chi connectivity index (χ2v) is 12.1. The molecule has 0 spiro atoms. The number of aromatic nitrogens is 2. The summed E-state index contributed by atoms with van der Waals surface area (Å²) in [5.41, 5.74) is -1.30. The van der Waals surface area contributed by atoms with E-state index >= 15 is 0 Å². The van der Waals surface area contributed by atoms with E-state index in [4.69, 9.17) is 25.6 Å². The largest absolute Gasteiger partial charge is 0.352 e. The lowest BCUT2D eigenvalue weighted by atomic mass is 9.87.